The minimum atomic E-state index is 0.596. The first-order chi connectivity index (χ1) is 13.7. The van der Waals surface area contributed by atoms with Crippen LogP contribution in [0, 0.1) is 5.92 Å². The molecule has 0 aliphatic heterocycles. The predicted molar refractivity (Wildman–Crippen MR) is 112 cm³/mol. The fraction of sp³-hybridized carbons (Fsp3) is 0.182. The summed E-state index contributed by atoms with van der Waals surface area (Å²) in [6.07, 6.45) is 6.37. The standard InChI is InChI=1S/C22H18ClN5/c1-13-9-17(13)14-4-6-19-18(10-14)22(27-20-7-5-16(23)12-25-20)28-21(26-19)15-3-2-8-24-11-15/h2-8,10-13,17H,9H2,1H3,(H,25,26,27,28). The molecule has 0 saturated heterocycles. The van der Waals surface area contributed by atoms with Gasteiger partial charge in [-0.25, -0.2) is 15.0 Å². The summed E-state index contributed by atoms with van der Waals surface area (Å²) >= 11 is 5.97. The maximum atomic E-state index is 5.97. The minimum absolute atomic E-state index is 0.596. The van der Waals surface area contributed by atoms with Crippen LogP contribution in [-0.4, -0.2) is 19.9 Å². The van der Waals surface area contributed by atoms with E-state index in [-0.39, 0.29) is 0 Å². The molecule has 1 saturated carbocycles. The van der Waals surface area contributed by atoms with Crippen LogP contribution in [0.3, 0.4) is 0 Å². The molecule has 1 aliphatic carbocycles. The third-order valence-corrected chi connectivity index (χ3v) is 5.37. The molecule has 3 heterocycles. The molecule has 1 aliphatic rings. The normalized spacial score (nSPS) is 18.2. The SMILES string of the molecule is CC1CC1c1ccc2nc(-c3cccnc3)nc(Nc3ccc(Cl)cn3)c2c1. The van der Waals surface area contributed by atoms with Gasteiger partial charge >= 0.3 is 0 Å². The molecule has 0 radical (unpaired) electrons. The molecular weight excluding hydrogens is 370 g/mol. The molecule has 1 fully saturated rings. The number of aromatic nitrogens is 4. The fourth-order valence-corrected chi connectivity index (χ4v) is 3.57. The molecule has 0 bridgehead atoms. The Balaban J connectivity index is 1.65. The van der Waals surface area contributed by atoms with Gasteiger partial charge in [-0.3, -0.25) is 4.98 Å². The van der Waals surface area contributed by atoms with Crippen molar-refractivity contribution >= 4 is 34.1 Å². The maximum absolute atomic E-state index is 5.97. The summed E-state index contributed by atoms with van der Waals surface area (Å²) in [5.74, 6) is 3.41. The van der Waals surface area contributed by atoms with Gasteiger partial charge in [0.25, 0.3) is 0 Å². The summed E-state index contributed by atoms with van der Waals surface area (Å²) in [5, 5.41) is 4.92. The number of pyridine rings is 2. The number of rotatable bonds is 4. The lowest BCUT2D eigenvalue weighted by molar-refractivity contribution is 0.915. The van der Waals surface area contributed by atoms with E-state index in [2.05, 4.69) is 40.4 Å². The summed E-state index contributed by atoms with van der Waals surface area (Å²) in [5.41, 5.74) is 3.10. The summed E-state index contributed by atoms with van der Waals surface area (Å²) < 4.78 is 0. The van der Waals surface area contributed by atoms with Crippen LogP contribution in [0.4, 0.5) is 11.6 Å². The topological polar surface area (TPSA) is 63.6 Å². The van der Waals surface area contributed by atoms with E-state index in [0.717, 1.165) is 28.2 Å². The second-order valence-corrected chi connectivity index (χ2v) is 7.66. The minimum Gasteiger partial charge on any atom is -0.324 e. The van der Waals surface area contributed by atoms with Gasteiger partial charge < -0.3 is 5.32 Å². The smallest absolute Gasteiger partial charge is 0.163 e. The van der Waals surface area contributed by atoms with Crippen LogP contribution in [0.15, 0.2) is 61.1 Å². The van der Waals surface area contributed by atoms with E-state index in [1.807, 2.05) is 18.2 Å². The third-order valence-electron chi connectivity index (χ3n) is 5.15. The van der Waals surface area contributed by atoms with Crippen LogP contribution in [-0.2, 0) is 0 Å². The molecule has 5 rings (SSSR count). The average Bonchev–Trinajstić information content (AvgIpc) is 3.46. The summed E-state index contributed by atoms with van der Waals surface area (Å²) in [7, 11) is 0. The van der Waals surface area contributed by atoms with Crippen molar-refractivity contribution in [1.29, 1.82) is 0 Å². The van der Waals surface area contributed by atoms with Crippen LogP contribution in [0.25, 0.3) is 22.3 Å². The number of benzene rings is 1. The van der Waals surface area contributed by atoms with Gasteiger partial charge in [0.2, 0.25) is 0 Å². The number of nitrogens with one attached hydrogen (secondary N) is 1. The zero-order valence-electron chi connectivity index (χ0n) is 15.3. The zero-order chi connectivity index (χ0) is 19.1. The van der Waals surface area contributed by atoms with Crippen molar-refractivity contribution in [1.82, 2.24) is 19.9 Å². The van der Waals surface area contributed by atoms with Crippen molar-refractivity contribution in [3.05, 3.63) is 71.6 Å². The molecule has 3 aromatic heterocycles. The first kappa shape index (κ1) is 17.1. The highest BCUT2D eigenvalue weighted by molar-refractivity contribution is 6.30. The van der Waals surface area contributed by atoms with E-state index in [0.29, 0.717) is 22.6 Å². The molecule has 2 unspecified atom stereocenters. The van der Waals surface area contributed by atoms with Crippen LogP contribution in [0.5, 0.6) is 0 Å². The highest BCUT2D eigenvalue weighted by atomic mass is 35.5. The van der Waals surface area contributed by atoms with Crippen LogP contribution in [0.1, 0.15) is 24.8 Å². The van der Waals surface area contributed by atoms with Gasteiger partial charge in [-0.15, -0.1) is 0 Å². The Morgan fingerprint density at radius 3 is 2.68 bits per heavy atom. The summed E-state index contributed by atoms with van der Waals surface area (Å²) in [4.78, 5) is 18.1. The maximum Gasteiger partial charge on any atom is 0.163 e. The second kappa shape index (κ2) is 6.84. The number of hydrogen-bond donors (Lipinski definition) is 1. The van der Waals surface area contributed by atoms with E-state index in [9.17, 15) is 0 Å². The molecule has 0 spiro atoms. The van der Waals surface area contributed by atoms with E-state index in [4.69, 9.17) is 21.6 Å². The average molecular weight is 388 g/mol. The first-order valence-electron chi connectivity index (χ1n) is 9.28. The highest BCUT2D eigenvalue weighted by Gasteiger charge is 2.34. The number of halogens is 1. The Kier molecular flexibility index (Phi) is 4.17. The van der Waals surface area contributed by atoms with Crippen molar-refractivity contribution in [3.63, 3.8) is 0 Å². The van der Waals surface area contributed by atoms with E-state index in [1.54, 1.807) is 24.7 Å². The predicted octanol–water partition coefficient (Wildman–Crippen LogP) is 5.61. The molecule has 2 atom stereocenters. The molecule has 5 nitrogen and oxygen atoms in total. The lowest BCUT2D eigenvalue weighted by Crippen LogP contribution is -2.01. The fourth-order valence-electron chi connectivity index (χ4n) is 3.45. The molecule has 138 valence electrons. The van der Waals surface area contributed by atoms with Crippen molar-refractivity contribution in [2.75, 3.05) is 5.32 Å². The van der Waals surface area contributed by atoms with Gasteiger partial charge in [-0.05, 0) is 60.2 Å². The van der Waals surface area contributed by atoms with E-state index < -0.39 is 0 Å². The Morgan fingerprint density at radius 2 is 1.96 bits per heavy atom. The third kappa shape index (κ3) is 3.29. The van der Waals surface area contributed by atoms with Gasteiger partial charge in [-0.2, -0.15) is 0 Å². The number of anilines is 2. The lowest BCUT2D eigenvalue weighted by Gasteiger charge is -2.12. The van der Waals surface area contributed by atoms with E-state index in [1.165, 1.54) is 12.0 Å². The molecule has 28 heavy (non-hydrogen) atoms. The van der Waals surface area contributed by atoms with Crippen molar-refractivity contribution < 1.29 is 0 Å². The summed E-state index contributed by atoms with van der Waals surface area (Å²) in [6.45, 7) is 2.29. The lowest BCUT2D eigenvalue weighted by atomic mass is 10.1. The van der Waals surface area contributed by atoms with Crippen LogP contribution < -0.4 is 5.32 Å². The van der Waals surface area contributed by atoms with Gasteiger partial charge in [0.1, 0.15) is 11.6 Å². The van der Waals surface area contributed by atoms with Crippen LogP contribution in [0.2, 0.25) is 5.02 Å². The zero-order valence-corrected chi connectivity index (χ0v) is 16.1. The Morgan fingerprint density at radius 1 is 1.07 bits per heavy atom. The quantitative estimate of drug-likeness (QED) is 0.493. The molecule has 1 aromatic carbocycles. The number of nitrogens with zero attached hydrogens (tertiary/aromatic N) is 4. The van der Waals surface area contributed by atoms with Crippen molar-refractivity contribution in [2.45, 2.75) is 19.3 Å². The monoisotopic (exact) mass is 387 g/mol. The van der Waals surface area contributed by atoms with Gasteiger partial charge in [0, 0.05) is 29.5 Å². The Bertz CT molecular complexity index is 1140. The van der Waals surface area contributed by atoms with Gasteiger partial charge in [-0.1, -0.05) is 24.6 Å². The Hall–Kier alpha value is -3.05. The first-order valence-corrected chi connectivity index (χ1v) is 9.66. The number of hydrogen-bond acceptors (Lipinski definition) is 5. The molecule has 1 N–H and O–H groups in total. The van der Waals surface area contributed by atoms with Crippen molar-refractivity contribution in [3.8, 4) is 11.4 Å². The van der Waals surface area contributed by atoms with E-state index >= 15 is 0 Å². The van der Waals surface area contributed by atoms with Gasteiger partial charge in [0.15, 0.2) is 5.82 Å². The largest absolute Gasteiger partial charge is 0.324 e. The summed E-state index contributed by atoms with van der Waals surface area (Å²) in [6, 6.07) is 14.0. The highest BCUT2D eigenvalue weighted by Crippen LogP contribution is 2.47. The second-order valence-electron chi connectivity index (χ2n) is 7.22. The molecule has 6 heteroatoms. The Labute approximate surface area is 167 Å². The van der Waals surface area contributed by atoms with Gasteiger partial charge in [0.05, 0.1) is 10.5 Å². The van der Waals surface area contributed by atoms with Crippen LogP contribution >= 0.6 is 11.6 Å². The molecule has 0 amide bonds. The van der Waals surface area contributed by atoms with Crippen molar-refractivity contribution in [2.24, 2.45) is 5.92 Å². The molecular formula is C22H18ClN5. The number of fused-ring (bicyclic) bond motifs is 1. The molecule has 4 aromatic rings.